The van der Waals surface area contributed by atoms with Crippen LogP contribution in [0.1, 0.15) is 22.3 Å². The van der Waals surface area contributed by atoms with Gasteiger partial charge in [-0.2, -0.15) is 5.26 Å². The molecule has 132 valence electrons. The first-order valence-electron chi connectivity index (χ1n) is 8.21. The van der Waals surface area contributed by atoms with Crippen molar-refractivity contribution in [1.82, 2.24) is 15.2 Å². The van der Waals surface area contributed by atoms with Crippen LogP contribution in [0.15, 0.2) is 48.8 Å². The van der Waals surface area contributed by atoms with Gasteiger partial charge < -0.3 is 15.0 Å². The molecule has 0 saturated carbocycles. The Morgan fingerprint density at radius 3 is 2.69 bits per heavy atom. The van der Waals surface area contributed by atoms with Gasteiger partial charge in [0.05, 0.1) is 24.4 Å². The average molecular weight is 350 g/mol. The van der Waals surface area contributed by atoms with Crippen molar-refractivity contribution in [3.8, 4) is 11.8 Å². The summed E-state index contributed by atoms with van der Waals surface area (Å²) in [6, 6.07) is 11.3. The number of nitrogens with one attached hydrogen (secondary N) is 1. The first-order chi connectivity index (χ1) is 12.6. The van der Waals surface area contributed by atoms with Crippen LogP contribution in [0.5, 0.6) is 5.75 Å². The SMILES string of the molecule is CNC(=O)[C@@H]1C[C@H](Oc2cccnc2)CN1C(=O)c1ccc(C#N)cc1. The predicted octanol–water partition coefficient (Wildman–Crippen LogP) is 1.36. The number of rotatable bonds is 4. The lowest BCUT2D eigenvalue weighted by molar-refractivity contribution is -0.124. The maximum absolute atomic E-state index is 12.9. The molecule has 3 rings (SSSR count). The summed E-state index contributed by atoms with van der Waals surface area (Å²) in [7, 11) is 1.54. The molecule has 2 heterocycles. The molecule has 0 radical (unpaired) electrons. The van der Waals surface area contributed by atoms with E-state index in [1.54, 1.807) is 55.8 Å². The van der Waals surface area contributed by atoms with Crippen molar-refractivity contribution in [2.45, 2.75) is 18.6 Å². The number of pyridine rings is 1. The van der Waals surface area contributed by atoms with Crippen LogP contribution in [0, 0.1) is 11.3 Å². The molecule has 0 aliphatic carbocycles. The van der Waals surface area contributed by atoms with Gasteiger partial charge in [-0.05, 0) is 36.4 Å². The molecule has 1 saturated heterocycles. The van der Waals surface area contributed by atoms with Crippen LogP contribution in [-0.4, -0.2) is 47.4 Å². The Morgan fingerprint density at radius 2 is 2.08 bits per heavy atom. The van der Waals surface area contributed by atoms with Crippen molar-refractivity contribution in [2.24, 2.45) is 0 Å². The van der Waals surface area contributed by atoms with E-state index in [0.29, 0.717) is 29.8 Å². The van der Waals surface area contributed by atoms with Gasteiger partial charge in [-0.15, -0.1) is 0 Å². The minimum atomic E-state index is -0.607. The molecule has 0 spiro atoms. The van der Waals surface area contributed by atoms with Gasteiger partial charge in [0.15, 0.2) is 0 Å². The Kier molecular flexibility index (Phi) is 5.13. The van der Waals surface area contributed by atoms with Gasteiger partial charge in [0.1, 0.15) is 17.9 Å². The van der Waals surface area contributed by atoms with E-state index in [4.69, 9.17) is 10.00 Å². The highest BCUT2D eigenvalue weighted by Gasteiger charge is 2.40. The zero-order chi connectivity index (χ0) is 18.5. The van der Waals surface area contributed by atoms with E-state index in [2.05, 4.69) is 10.3 Å². The monoisotopic (exact) mass is 350 g/mol. The molecule has 0 bridgehead atoms. The Balaban J connectivity index is 1.79. The van der Waals surface area contributed by atoms with E-state index in [1.807, 2.05) is 6.07 Å². The highest BCUT2D eigenvalue weighted by Crippen LogP contribution is 2.25. The summed E-state index contributed by atoms with van der Waals surface area (Å²) in [6.45, 7) is 0.297. The molecular weight excluding hydrogens is 332 g/mol. The molecule has 1 fully saturated rings. The van der Waals surface area contributed by atoms with Crippen LogP contribution in [0.25, 0.3) is 0 Å². The Labute approximate surface area is 151 Å². The third-order valence-electron chi connectivity index (χ3n) is 4.27. The van der Waals surface area contributed by atoms with Crippen molar-refractivity contribution in [2.75, 3.05) is 13.6 Å². The quantitative estimate of drug-likeness (QED) is 0.898. The summed E-state index contributed by atoms with van der Waals surface area (Å²) >= 11 is 0. The van der Waals surface area contributed by atoms with Gasteiger partial charge in [-0.25, -0.2) is 0 Å². The average Bonchev–Trinajstić information content (AvgIpc) is 3.11. The molecule has 1 aromatic heterocycles. The number of nitrogens with zero attached hydrogens (tertiary/aromatic N) is 3. The number of carbonyl (C=O) groups is 2. The van der Waals surface area contributed by atoms with Crippen LogP contribution in [-0.2, 0) is 4.79 Å². The van der Waals surface area contributed by atoms with Crippen molar-refractivity contribution in [3.05, 3.63) is 59.9 Å². The first kappa shape index (κ1) is 17.4. The molecule has 2 amide bonds. The summed E-state index contributed by atoms with van der Waals surface area (Å²) in [4.78, 5) is 30.6. The number of likely N-dealkylation sites (tertiary alicyclic amines) is 1. The Bertz CT molecular complexity index is 830. The summed E-state index contributed by atoms with van der Waals surface area (Å²) in [5, 5.41) is 11.5. The lowest BCUT2D eigenvalue weighted by atomic mass is 10.1. The van der Waals surface area contributed by atoms with E-state index >= 15 is 0 Å². The molecule has 1 aliphatic heterocycles. The van der Waals surface area contributed by atoms with Gasteiger partial charge in [0.2, 0.25) is 5.91 Å². The Morgan fingerprint density at radius 1 is 1.31 bits per heavy atom. The van der Waals surface area contributed by atoms with E-state index in [9.17, 15) is 9.59 Å². The van der Waals surface area contributed by atoms with Crippen molar-refractivity contribution < 1.29 is 14.3 Å². The fraction of sp³-hybridized carbons (Fsp3) is 0.263. The standard InChI is InChI=1S/C19H18N4O3/c1-21-18(24)17-9-16(26-15-3-2-8-22-11-15)12-23(17)19(25)14-6-4-13(10-20)5-7-14/h2-8,11,16-17H,9,12H2,1H3,(H,21,24)/t16-,17-/m0/s1. The lowest BCUT2D eigenvalue weighted by Crippen LogP contribution is -2.44. The lowest BCUT2D eigenvalue weighted by Gasteiger charge is -2.23. The van der Waals surface area contributed by atoms with Crippen molar-refractivity contribution in [3.63, 3.8) is 0 Å². The molecule has 1 aliphatic rings. The molecule has 2 atom stereocenters. The van der Waals surface area contributed by atoms with Crippen LogP contribution in [0.3, 0.4) is 0 Å². The third kappa shape index (κ3) is 3.64. The van der Waals surface area contributed by atoms with Crippen molar-refractivity contribution >= 4 is 11.8 Å². The van der Waals surface area contributed by atoms with Gasteiger partial charge in [0, 0.05) is 25.2 Å². The molecular formula is C19H18N4O3. The highest BCUT2D eigenvalue weighted by atomic mass is 16.5. The van der Waals surface area contributed by atoms with Gasteiger partial charge in [-0.1, -0.05) is 0 Å². The number of hydrogen-bond donors (Lipinski definition) is 1. The number of hydrogen-bond acceptors (Lipinski definition) is 5. The molecule has 0 unspecified atom stereocenters. The second-order valence-electron chi connectivity index (χ2n) is 5.94. The van der Waals surface area contributed by atoms with E-state index < -0.39 is 6.04 Å². The molecule has 26 heavy (non-hydrogen) atoms. The number of ether oxygens (including phenoxy) is 1. The highest BCUT2D eigenvalue weighted by molar-refractivity contribution is 5.98. The summed E-state index contributed by atoms with van der Waals surface area (Å²) < 4.78 is 5.87. The zero-order valence-corrected chi connectivity index (χ0v) is 14.3. The fourth-order valence-electron chi connectivity index (χ4n) is 2.98. The summed E-state index contributed by atoms with van der Waals surface area (Å²) in [6.07, 6.45) is 3.34. The van der Waals surface area contributed by atoms with Gasteiger partial charge in [0.25, 0.3) is 5.91 Å². The molecule has 1 N–H and O–H groups in total. The summed E-state index contributed by atoms with van der Waals surface area (Å²) in [5.74, 6) is 0.102. The number of nitriles is 1. The number of likely N-dealkylation sites (N-methyl/N-ethyl adjacent to an activating group) is 1. The zero-order valence-electron chi connectivity index (χ0n) is 14.3. The molecule has 7 nitrogen and oxygen atoms in total. The number of carbonyl (C=O) groups excluding carboxylic acids is 2. The maximum atomic E-state index is 12.9. The number of benzene rings is 1. The second kappa shape index (κ2) is 7.66. The number of amides is 2. The van der Waals surface area contributed by atoms with E-state index in [0.717, 1.165) is 0 Å². The van der Waals surface area contributed by atoms with E-state index in [-0.39, 0.29) is 17.9 Å². The smallest absolute Gasteiger partial charge is 0.254 e. The third-order valence-corrected chi connectivity index (χ3v) is 4.27. The minimum absolute atomic E-state index is 0.232. The summed E-state index contributed by atoms with van der Waals surface area (Å²) in [5.41, 5.74) is 0.906. The normalized spacial score (nSPS) is 18.8. The second-order valence-corrected chi connectivity index (χ2v) is 5.94. The molecule has 1 aromatic carbocycles. The molecule has 7 heteroatoms. The van der Waals surface area contributed by atoms with Gasteiger partial charge >= 0.3 is 0 Å². The van der Waals surface area contributed by atoms with E-state index in [1.165, 1.54) is 4.90 Å². The maximum Gasteiger partial charge on any atom is 0.254 e. The van der Waals surface area contributed by atoms with Crippen LogP contribution in [0.4, 0.5) is 0 Å². The topological polar surface area (TPSA) is 95.3 Å². The van der Waals surface area contributed by atoms with Crippen LogP contribution < -0.4 is 10.1 Å². The largest absolute Gasteiger partial charge is 0.487 e. The van der Waals surface area contributed by atoms with Crippen LogP contribution >= 0.6 is 0 Å². The first-order valence-corrected chi connectivity index (χ1v) is 8.21. The predicted molar refractivity (Wildman–Crippen MR) is 93.3 cm³/mol. The van der Waals surface area contributed by atoms with Crippen LogP contribution in [0.2, 0.25) is 0 Å². The van der Waals surface area contributed by atoms with Gasteiger partial charge in [-0.3, -0.25) is 14.6 Å². The Hall–Kier alpha value is -3.40. The fourth-order valence-corrected chi connectivity index (χ4v) is 2.98. The number of aromatic nitrogens is 1. The van der Waals surface area contributed by atoms with Crippen molar-refractivity contribution in [1.29, 1.82) is 5.26 Å². The minimum Gasteiger partial charge on any atom is -0.487 e. The molecule has 2 aromatic rings.